The lowest BCUT2D eigenvalue weighted by molar-refractivity contribution is -0.138. The minimum atomic E-state index is -4.68. The Morgan fingerprint density at radius 1 is 1.14 bits per heavy atom. The van der Waals surface area contributed by atoms with Crippen LogP contribution in [0, 0.1) is 12.7 Å². The van der Waals surface area contributed by atoms with Crippen LogP contribution in [0.1, 0.15) is 52.9 Å². The van der Waals surface area contributed by atoms with Crippen molar-refractivity contribution < 1.29 is 22.3 Å². The summed E-state index contributed by atoms with van der Waals surface area (Å²) < 4.78 is 63.2. The number of imidazole rings is 1. The molecule has 4 heterocycles. The minimum Gasteiger partial charge on any atom is -0.478 e. The van der Waals surface area contributed by atoms with Crippen LogP contribution in [0.5, 0.6) is 5.88 Å². The lowest BCUT2D eigenvalue weighted by Gasteiger charge is -2.25. The summed E-state index contributed by atoms with van der Waals surface area (Å²) in [5.74, 6) is -0.0765. The van der Waals surface area contributed by atoms with E-state index in [2.05, 4.69) is 25.0 Å². The zero-order chi connectivity index (χ0) is 25.4. The Kier molecular flexibility index (Phi) is 6.02. The lowest BCUT2D eigenvalue weighted by Crippen LogP contribution is -2.21. The van der Waals surface area contributed by atoms with Gasteiger partial charge in [-0.2, -0.15) is 18.3 Å². The highest BCUT2D eigenvalue weighted by Gasteiger charge is 2.38. The minimum absolute atomic E-state index is 0.00582. The summed E-state index contributed by atoms with van der Waals surface area (Å²) in [4.78, 5) is 17.5. The second-order valence-corrected chi connectivity index (χ2v) is 8.36. The lowest BCUT2D eigenvalue weighted by atomic mass is 9.87. The third-order valence-corrected chi connectivity index (χ3v) is 5.88. The number of aromatic nitrogens is 7. The van der Waals surface area contributed by atoms with E-state index in [0.717, 1.165) is 11.8 Å². The van der Waals surface area contributed by atoms with Gasteiger partial charge in [-0.05, 0) is 49.6 Å². The average Bonchev–Trinajstić information content (AvgIpc) is 3.47. The fourth-order valence-corrected chi connectivity index (χ4v) is 4.28. The normalized spacial score (nSPS) is 15.9. The van der Waals surface area contributed by atoms with Crippen molar-refractivity contribution in [2.45, 2.75) is 38.4 Å². The van der Waals surface area contributed by atoms with Crippen LogP contribution < -0.4 is 4.74 Å². The van der Waals surface area contributed by atoms with Crippen LogP contribution in [-0.2, 0) is 12.7 Å². The molecule has 0 amide bonds. The van der Waals surface area contributed by atoms with E-state index in [0.29, 0.717) is 54.5 Å². The van der Waals surface area contributed by atoms with Gasteiger partial charge in [0.15, 0.2) is 5.82 Å². The Morgan fingerprint density at radius 3 is 2.69 bits per heavy atom. The Labute approximate surface area is 203 Å². The predicted molar refractivity (Wildman–Crippen MR) is 122 cm³/mol. The summed E-state index contributed by atoms with van der Waals surface area (Å²) in [5, 5.41) is 4.43. The molecule has 1 aliphatic heterocycles. The number of ether oxygens (including phenoxy) is 1. The molecular formula is C24H21F4N7O. The molecule has 1 atom stereocenters. The molecule has 36 heavy (non-hydrogen) atoms. The van der Waals surface area contributed by atoms with Gasteiger partial charge < -0.3 is 4.74 Å². The monoisotopic (exact) mass is 499 g/mol. The fourth-order valence-electron chi connectivity index (χ4n) is 4.28. The molecule has 0 aliphatic carbocycles. The molecule has 1 aromatic carbocycles. The number of alkyl halides is 3. The third kappa shape index (κ3) is 4.58. The van der Waals surface area contributed by atoms with Crippen molar-refractivity contribution in [3.8, 4) is 11.7 Å². The van der Waals surface area contributed by atoms with Gasteiger partial charge in [-0.15, -0.1) is 0 Å². The molecule has 0 spiro atoms. The van der Waals surface area contributed by atoms with Crippen molar-refractivity contribution in [3.05, 3.63) is 76.9 Å². The quantitative estimate of drug-likeness (QED) is 0.366. The zero-order valence-corrected chi connectivity index (χ0v) is 19.4. The van der Waals surface area contributed by atoms with Crippen LogP contribution in [0.25, 0.3) is 18.0 Å². The van der Waals surface area contributed by atoms with Gasteiger partial charge in [-0.3, -0.25) is 4.57 Å². The Balaban J connectivity index is 1.44. The molecule has 1 unspecified atom stereocenters. The number of nitrogens with zero attached hydrogens (tertiary/aromatic N) is 7. The fraction of sp³-hybridized carbons (Fsp3) is 0.292. The molecule has 3 aromatic heterocycles. The number of methoxy groups -OCH3 is 1. The van der Waals surface area contributed by atoms with Gasteiger partial charge >= 0.3 is 6.18 Å². The second-order valence-electron chi connectivity index (χ2n) is 8.36. The molecule has 8 nitrogen and oxygen atoms in total. The first-order valence-corrected chi connectivity index (χ1v) is 11.1. The van der Waals surface area contributed by atoms with E-state index in [1.54, 1.807) is 40.1 Å². The maximum Gasteiger partial charge on any atom is 0.416 e. The summed E-state index contributed by atoms with van der Waals surface area (Å²) in [5.41, 5.74) is 0.305. The van der Waals surface area contributed by atoms with Crippen LogP contribution in [-0.4, -0.2) is 41.4 Å². The van der Waals surface area contributed by atoms with Gasteiger partial charge in [0.1, 0.15) is 18.0 Å². The van der Waals surface area contributed by atoms with Crippen LogP contribution in [0.4, 0.5) is 17.6 Å². The maximum atomic E-state index is 13.6. The molecule has 5 rings (SSSR count). The van der Waals surface area contributed by atoms with E-state index in [1.807, 2.05) is 6.92 Å². The molecule has 0 N–H and O–H groups in total. The van der Waals surface area contributed by atoms with E-state index in [4.69, 9.17) is 4.74 Å². The summed E-state index contributed by atoms with van der Waals surface area (Å²) >= 11 is 0. The van der Waals surface area contributed by atoms with Crippen molar-refractivity contribution in [3.63, 3.8) is 0 Å². The van der Waals surface area contributed by atoms with Gasteiger partial charge in [0.2, 0.25) is 5.82 Å². The number of benzene rings is 1. The van der Waals surface area contributed by atoms with Gasteiger partial charge in [0.05, 0.1) is 30.3 Å². The van der Waals surface area contributed by atoms with Gasteiger partial charge in [0.25, 0.3) is 5.88 Å². The molecule has 0 bridgehead atoms. The topological polar surface area (TPSA) is 83.5 Å². The molecule has 0 saturated carbocycles. The smallest absolute Gasteiger partial charge is 0.416 e. The van der Waals surface area contributed by atoms with Crippen LogP contribution >= 0.6 is 0 Å². The van der Waals surface area contributed by atoms with Crippen molar-refractivity contribution in [2.75, 3.05) is 7.11 Å². The molecular weight excluding hydrogens is 478 g/mol. The predicted octanol–water partition coefficient (Wildman–Crippen LogP) is 4.82. The van der Waals surface area contributed by atoms with Gasteiger partial charge in [-0.1, -0.05) is 6.07 Å². The zero-order valence-electron chi connectivity index (χ0n) is 19.4. The molecule has 4 aromatic rings. The number of hydrogen-bond acceptors (Lipinski definition) is 6. The van der Waals surface area contributed by atoms with Crippen molar-refractivity contribution in [1.29, 1.82) is 0 Å². The van der Waals surface area contributed by atoms with E-state index in [-0.39, 0.29) is 5.56 Å². The Morgan fingerprint density at radius 2 is 1.97 bits per heavy atom. The number of hydrogen-bond donors (Lipinski definition) is 0. The van der Waals surface area contributed by atoms with E-state index in [1.165, 1.54) is 13.2 Å². The highest BCUT2D eigenvalue weighted by atomic mass is 19.4. The molecule has 1 aliphatic rings. The van der Waals surface area contributed by atoms with Crippen molar-refractivity contribution in [2.24, 2.45) is 0 Å². The Hall–Kier alpha value is -4.09. The largest absolute Gasteiger partial charge is 0.478 e. The third-order valence-electron chi connectivity index (χ3n) is 5.88. The summed E-state index contributed by atoms with van der Waals surface area (Å²) in [7, 11) is 1.49. The standard InChI is InChI=1S/C24H21F4N7O/c1-14-12-34(13-30-14)22-23(36-2)31-16(11-29-22)6-8-20-32-21-18(4-3-9-35(21)33-20)17-7-5-15(25)10-19(17)24(26,27)28/h5-8,10-13,18H,3-4,9H2,1-2H3/b8-6+. The van der Waals surface area contributed by atoms with Crippen molar-refractivity contribution in [1.82, 2.24) is 34.3 Å². The molecule has 186 valence electrons. The molecule has 0 saturated heterocycles. The van der Waals surface area contributed by atoms with Crippen molar-refractivity contribution >= 4 is 12.2 Å². The SMILES string of the molecule is COc1nc(/C=C/c2nc3n(n2)CCCC3c2ccc(F)cc2C(F)(F)F)cnc1-n1cnc(C)c1. The first kappa shape index (κ1) is 23.6. The molecule has 0 radical (unpaired) electrons. The highest BCUT2D eigenvalue weighted by Crippen LogP contribution is 2.40. The van der Waals surface area contributed by atoms with E-state index >= 15 is 0 Å². The van der Waals surface area contributed by atoms with E-state index in [9.17, 15) is 17.6 Å². The number of fused-ring (bicyclic) bond motifs is 1. The highest BCUT2D eigenvalue weighted by molar-refractivity contribution is 5.64. The second kappa shape index (κ2) is 9.17. The number of halogens is 4. The van der Waals surface area contributed by atoms with Gasteiger partial charge in [0, 0.05) is 18.7 Å². The number of rotatable bonds is 5. The maximum absolute atomic E-state index is 13.6. The van der Waals surface area contributed by atoms with Gasteiger partial charge in [-0.25, -0.2) is 29.0 Å². The van der Waals surface area contributed by atoms with Crippen LogP contribution in [0.15, 0.2) is 36.9 Å². The molecule has 0 fully saturated rings. The summed E-state index contributed by atoms with van der Waals surface area (Å²) in [6.45, 7) is 2.39. The first-order chi connectivity index (χ1) is 17.2. The van der Waals surface area contributed by atoms with Crippen LogP contribution in [0.3, 0.4) is 0 Å². The van der Waals surface area contributed by atoms with Crippen LogP contribution in [0.2, 0.25) is 0 Å². The molecule has 12 heteroatoms. The summed E-state index contributed by atoms with van der Waals surface area (Å²) in [6, 6.07) is 2.77. The number of aryl methyl sites for hydroxylation is 2. The average molecular weight is 499 g/mol. The first-order valence-electron chi connectivity index (χ1n) is 11.1. The van der Waals surface area contributed by atoms with E-state index < -0.39 is 23.5 Å². The Bertz CT molecular complexity index is 1440. The summed E-state index contributed by atoms with van der Waals surface area (Å²) in [6.07, 6.45) is 4.61.